The molecule has 0 aliphatic carbocycles. The van der Waals surface area contributed by atoms with Crippen molar-refractivity contribution in [2.45, 2.75) is 0 Å². The summed E-state index contributed by atoms with van der Waals surface area (Å²) in [6.07, 6.45) is 3.66. The molecule has 7 rings (SSSR count). The van der Waals surface area contributed by atoms with Gasteiger partial charge >= 0.3 is 5.69 Å². The van der Waals surface area contributed by atoms with Crippen molar-refractivity contribution in [3.05, 3.63) is 94.6 Å². The van der Waals surface area contributed by atoms with E-state index >= 15 is 0 Å². The average Bonchev–Trinajstić information content (AvgIpc) is 3.22. The van der Waals surface area contributed by atoms with E-state index in [0.717, 1.165) is 81.5 Å². The molecule has 1 saturated heterocycles. The van der Waals surface area contributed by atoms with E-state index in [9.17, 15) is 4.79 Å². The Bertz CT molecular complexity index is 1920. The third kappa shape index (κ3) is 3.66. The van der Waals surface area contributed by atoms with Crippen molar-refractivity contribution in [3.8, 4) is 16.8 Å². The third-order valence-electron chi connectivity index (χ3n) is 7.45. The van der Waals surface area contributed by atoms with Crippen LogP contribution in [-0.2, 0) is 7.05 Å². The van der Waals surface area contributed by atoms with E-state index in [1.807, 2.05) is 48.7 Å². The average molecular weight is 521 g/mol. The molecule has 3 aromatic carbocycles. The van der Waals surface area contributed by atoms with Gasteiger partial charge in [0.25, 0.3) is 0 Å². The molecule has 6 aromatic rings. The molecule has 0 radical (unpaired) electrons. The summed E-state index contributed by atoms with van der Waals surface area (Å²) in [6.45, 7) is 3.65. The molecule has 0 saturated carbocycles. The number of fused-ring (bicyclic) bond motifs is 4. The highest BCUT2D eigenvalue weighted by atomic mass is 35.5. The Morgan fingerprint density at radius 3 is 2.53 bits per heavy atom. The summed E-state index contributed by atoms with van der Waals surface area (Å²) in [7, 11) is 1.78. The molecule has 0 atom stereocenters. The minimum absolute atomic E-state index is 0.141. The lowest BCUT2D eigenvalue weighted by molar-refractivity contribution is 0.589. The Labute approximate surface area is 223 Å². The zero-order chi connectivity index (χ0) is 25.8. The summed E-state index contributed by atoms with van der Waals surface area (Å²) in [4.78, 5) is 25.1. The van der Waals surface area contributed by atoms with Crippen molar-refractivity contribution in [3.63, 3.8) is 0 Å². The second-order valence-corrected chi connectivity index (χ2v) is 10.1. The van der Waals surface area contributed by atoms with E-state index in [0.29, 0.717) is 5.02 Å². The Morgan fingerprint density at radius 2 is 1.68 bits per heavy atom. The first-order valence-electron chi connectivity index (χ1n) is 12.7. The molecule has 1 aliphatic heterocycles. The molecule has 188 valence electrons. The number of hydrogen-bond acceptors (Lipinski definition) is 5. The van der Waals surface area contributed by atoms with Gasteiger partial charge in [0.15, 0.2) is 0 Å². The fourth-order valence-corrected chi connectivity index (χ4v) is 5.74. The van der Waals surface area contributed by atoms with Crippen LogP contribution < -0.4 is 15.9 Å². The number of para-hydroxylation sites is 1. The van der Waals surface area contributed by atoms with Crippen molar-refractivity contribution >= 4 is 50.1 Å². The van der Waals surface area contributed by atoms with Gasteiger partial charge in [-0.1, -0.05) is 35.9 Å². The second-order valence-electron chi connectivity index (χ2n) is 9.69. The van der Waals surface area contributed by atoms with Gasteiger partial charge in [-0.25, -0.2) is 4.79 Å². The predicted octanol–water partition coefficient (Wildman–Crippen LogP) is 5.16. The van der Waals surface area contributed by atoms with Crippen LogP contribution in [0.3, 0.4) is 0 Å². The largest absolute Gasteiger partial charge is 0.368 e. The number of pyridine rings is 2. The molecule has 0 spiro atoms. The maximum atomic E-state index is 13.6. The van der Waals surface area contributed by atoms with Crippen molar-refractivity contribution < 1.29 is 0 Å². The first-order valence-corrected chi connectivity index (χ1v) is 13.1. The van der Waals surface area contributed by atoms with Crippen molar-refractivity contribution in [1.29, 1.82) is 0 Å². The number of aryl methyl sites for hydroxylation is 1. The molecule has 8 heteroatoms. The van der Waals surface area contributed by atoms with Gasteiger partial charge in [-0.15, -0.1) is 0 Å². The highest BCUT2D eigenvalue weighted by Crippen LogP contribution is 2.33. The van der Waals surface area contributed by atoms with Crippen LogP contribution in [0.1, 0.15) is 0 Å². The normalized spacial score (nSPS) is 14.1. The van der Waals surface area contributed by atoms with E-state index in [1.54, 1.807) is 22.4 Å². The molecule has 1 N–H and O–H groups in total. The molecule has 7 nitrogen and oxygen atoms in total. The number of imidazole rings is 1. The van der Waals surface area contributed by atoms with Gasteiger partial charge in [0.05, 0.1) is 44.7 Å². The quantitative estimate of drug-likeness (QED) is 0.349. The molecule has 1 aliphatic rings. The van der Waals surface area contributed by atoms with Crippen molar-refractivity contribution in [2.24, 2.45) is 7.05 Å². The Morgan fingerprint density at radius 1 is 0.868 bits per heavy atom. The molecule has 3 aromatic heterocycles. The van der Waals surface area contributed by atoms with Crippen molar-refractivity contribution in [2.75, 3.05) is 31.1 Å². The zero-order valence-electron chi connectivity index (χ0n) is 20.9. The van der Waals surface area contributed by atoms with Crippen LogP contribution in [0.2, 0.25) is 5.02 Å². The van der Waals surface area contributed by atoms with Crippen LogP contribution >= 0.6 is 11.6 Å². The van der Waals surface area contributed by atoms with Crippen molar-refractivity contribution in [1.82, 2.24) is 24.4 Å². The number of halogens is 1. The smallest absolute Gasteiger partial charge is 0.333 e. The Balaban J connectivity index is 1.42. The molecule has 38 heavy (non-hydrogen) atoms. The zero-order valence-corrected chi connectivity index (χ0v) is 21.6. The summed E-state index contributed by atoms with van der Waals surface area (Å²) < 4.78 is 3.39. The number of piperazine rings is 1. The molecule has 0 amide bonds. The van der Waals surface area contributed by atoms with Crippen LogP contribution in [0.5, 0.6) is 0 Å². The van der Waals surface area contributed by atoms with E-state index in [1.165, 1.54) is 0 Å². The lowest BCUT2D eigenvalue weighted by Crippen LogP contribution is -2.43. The van der Waals surface area contributed by atoms with Gasteiger partial charge in [0.1, 0.15) is 0 Å². The molecule has 4 heterocycles. The fourth-order valence-electron chi connectivity index (χ4n) is 5.44. The Kier molecular flexibility index (Phi) is 5.42. The number of aromatic nitrogens is 4. The third-order valence-corrected chi connectivity index (χ3v) is 7.76. The van der Waals surface area contributed by atoms with Gasteiger partial charge in [-0.2, -0.15) is 0 Å². The standard InChI is InChI=1S/C30H25ClN6O/c1-35-28-18-34-26-8-6-19(21-14-20-4-2-3-5-25(20)33-17-21)15-23(26)29(28)37(30(35)38)22-7-9-27(24(31)16-22)36-12-10-32-11-13-36/h2-9,14-18,32H,10-13H2,1H3. The van der Waals surface area contributed by atoms with Crippen LogP contribution in [0.4, 0.5) is 5.69 Å². The van der Waals surface area contributed by atoms with Crippen LogP contribution in [0.15, 0.2) is 83.9 Å². The number of hydrogen-bond donors (Lipinski definition) is 1. The number of rotatable bonds is 3. The summed E-state index contributed by atoms with van der Waals surface area (Å²) in [6, 6.07) is 22.3. The number of nitrogens with zero attached hydrogens (tertiary/aromatic N) is 5. The van der Waals surface area contributed by atoms with Gasteiger partial charge < -0.3 is 10.2 Å². The van der Waals surface area contributed by atoms with E-state index < -0.39 is 0 Å². The van der Waals surface area contributed by atoms with E-state index in [-0.39, 0.29) is 5.69 Å². The topological polar surface area (TPSA) is 68.0 Å². The van der Waals surface area contributed by atoms with Gasteiger partial charge in [-0.05, 0) is 48.0 Å². The first-order chi connectivity index (χ1) is 18.6. The number of benzene rings is 3. The van der Waals surface area contributed by atoms with E-state index in [2.05, 4.69) is 44.5 Å². The highest BCUT2D eigenvalue weighted by molar-refractivity contribution is 6.33. The van der Waals surface area contributed by atoms with Crippen LogP contribution in [0, 0.1) is 0 Å². The monoisotopic (exact) mass is 520 g/mol. The highest BCUT2D eigenvalue weighted by Gasteiger charge is 2.19. The lowest BCUT2D eigenvalue weighted by Gasteiger charge is -2.30. The van der Waals surface area contributed by atoms with Gasteiger partial charge in [0.2, 0.25) is 0 Å². The maximum Gasteiger partial charge on any atom is 0.333 e. The SMILES string of the molecule is Cn1c(=O)n(-c2ccc(N3CCNCC3)c(Cl)c2)c2c3cc(-c4cnc5ccccc5c4)ccc3ncc21. The maximum absolute atomic E-state index is 13.6. The summed E-state index contributed by atoms with van der Waals surface area (Å²) in [5, 5.41) is 5.98. The fraction of sp³-hybridized carbons (Fsp3) is 0.167. The van der Waals surface area contributed by atoms with Gasteiger partial charge in [0, 0.05) is 55.8 Å². The second kappa shape index (κ2) is 8.97. The summed E-state index contributed by atoms with van der Waals surface area (Å²) in [5.74, 6) is 0. The first kappa shape index (κ1) is 23.0. The lowest BCUT2D eigenvalue weighted by atomic mass is 10.0. The van der Waals surface area contributed by atoms with Gasteiger partial charge in [-0.3, -0.25) is 19.1 Å². The molecule has 0 unspecified atom stereocenters. The minimum atomic E-state index is -0.141. The molecule has 1 fully saturated rings. The van der Waals surface area contributed by atoms with E-state index in [4.69, 9.17) is 11.6 Å². The molecular formula is C30H25ClN6O. The van der Waals surface area contributed by atoms with Crippen LogP contribution in [-0.4, -0.2) is 45.3 Å². The predicted molar refractivity (Wildman–Crippen MR) is 155 cm³/mol. The molecular weight excluding hydrogens is 496 g/mol. The molecule has 0 bridgehead atoms. The van der Waals surface area contributed by atoms with Crippen LogP contribution in [0.25, 0.3) is 49.7 Å². The number of nitrogens with one attached hydrogen (secondary N) is 1. The number of anilines is 1. The summed E-state index contributed by atoms with van der Waals surface area (Å²) >= 11 is 6.79. The summed E-state index contributed by atoms with van der Waals surface area (Å²) in [5.41, 5.74) is 6.95. The minimum Gasteiger partial charge on any atom is -0.368 e. The Hall–Kier alpha value is -4.20.